The van der Waals surface area contributed by atoms with Crippen molar-refractivity contribution in [2.24, 2.45) is 5.92 Å². The molecule has 0 heterocycles. The largest absolute Gasteiger partial charge is 0.457 e. The standard InChI is InChI=1S/C13H19F3O4/c1-9(13(14,15)16)11(18)19-8-10(17)20-12(2)6-4-3-5-7-12/h9H,3-8H2,1-2H3. The van der Waals surface area contributed by atoms with Crippen molar-refractivity contribution >= 4 is 11.9 Å². The topological polar surface area (TPSA) is 52.6 Å². The van der Waals surface area contributed by atoms with Crippen LogP contribution in [0.5, 0.6) is 0 Å². The van der Waals surface area contributed by atoms with Crippen molar-refractivity contribution in [1.29, 1.82) is 0 Å². The molecular weight excluding hydrogens is 277 g/mol. The summed E-state index contributed by atoms with van der Waals surface area (Å²) in [6.07, 6.45) is -0.289. The minimum absolute atomic E-state index is 0.600. The van der Waals surface area contributed by atoms with Crippen molar-refractivity contribution in [2.45, 2.75) is 57.7 Å². The van der Waals surface area contributed by atoms with Gasteiger partial charge in [0.2, 0.25) is 0 Å². The predicted molar refractivity (Wildman–Crippen MR) is 63.8 cm³/mol. The van der Waals surface area contributed by atoms with E-state index in [1.54, 1.807) is 6.92 Å². The molecule has 0 N–H and O–H groups in total. The second-order valence-corrected chi connectivity index (χ2v) is 5.36. The van der Waals surface area contributed by atoms with Crippen LogP contribution in [0.4, 0.5) is 13.2 Å². The van der Waals surface area contributed by atoms with E-state index < -0.39 is 36.2 Å². The predicted octanol–water partition coefficient (Wildman–Crippen LogP) is 2.99. The van der Waals surface area contributed by atoms with Crippen molar-refractivity contribution in [2.75, 3.05) is 6.61 Å². The van der Waals surface area contributed by atoms with E-state index in [-0.39, 0.29) is 0 Å². The van der Waals surface area contributed by atoms with Gasteiger partial charge in [0, 0.05) is 0 Å². The molecule has 0 bridgehead atoms. The molecule has 4 nitrogen and oxygen atoms in total. The Morgan fingerprint density at radius 3 is 2.25 bits per heavy atom. The monoisotopic (exact) mass is 296 g/mol. The zero-order valence-corrected chi connectivity index (χ0v) is 11.6. The quantitative estimate of drug-likeness (QED) is 0.748. The van der Waals surface area contributed by atoms with E-state index >= 15 is 0 Å². The lowest BCUT2D eigenvalue weighted by Crippen LogP contribution is -2.36. The molecule has 0 radical (unpaired) electrons. The van der Waals surface area contributed by atoms with Crippen LogP contribution in [0.3, 0.4) is 0 Å². The lowest BCUT2D eigenvalue weighted by atomic mass is 9.86. The molecule has 1 fully saturated rings. The number of esters is 2. The van der Waals surface area contributed by atoms with E-state index in [0.717, 1.165) is 19.3 Å². The van der Waals surface area contributed by atoms with Crippen molar-refractivity contribution in [3.63, 3.8) is 0 Å². The maximum atomic E-state index is 12.2. The van der Waals surface area contributed by atoms with Gasteiger partial charge in [0.15, 0.2) is 6.61 Å². The molecule has 20 heavy (non-hydrogen) atoms. The van der Waals surface area contributed by atoms with Gasteiger partial charge in [-0.25, -0.2) is 4.79 Å². The van der Waals surface area contributed by atoms with Crippen LogP contribution in [0.1, 0.15) is 46.0 Å². The van der Waals surface area contributed by atoms with E-state index in [9.17, 15) is 22.8 Å². The first-order valence-corrected chi connectivity index (χ1v) is 6.59. The first-order chi connectivity index (χ1) is 9.14. The number of ether oxygens (including phenoxy) is 2. The van der Waals surface area contributed by atoms with Gasteiger partial charge in [0.25, 0.3) is 0 Å². The summed E-state index contributed by atoms with van der Waals surface area (Å²) in [5, 5.41) is 0. The van der Waals surface area contributed by atoms with Crippen molar-refractivity contribution in [1.82, 2.24) is 0 Å². The molecule has 1 aliphatic carbocycles. The third kappa shape index (κ3) is 5.02. The van der Waals surface area contributed by atoms with Crippen LogP contribution in [-0.2, 0) is 19.1 Å². The number of halogens is 3. The van der Waals surface area contributed by atoms with E-state index in [1.807, 2.05) is 0 Å². The van der Waals surface area contributed by atoms with Crippen LogP contribution in [0.25, 0.3) is 0 Å². The Labute approximate surface area is 115 Å². The summed E-state index contributed by atoms with van der Waals surface area (Å²) in [6, 6.07) is 0. The fraction of sp³-hybridized carbons (Fsp3) is 0.846. The molecule has 0 saturated heterocycles. The molecule has 116 valence electrons. The SMILES string of the molecule is CC(C(=O)OCC(=O)OC1(C)CCCCC1)C(F)(F)F. The van der Waals surface area contributed by atoms with Gasteiger partial charge < -0.3 is 9.47 Å². The molecule has 1 saturated carbocycles. The van der Waals surface area contributed by atoms with Gasteiger partial charge in [-0.1, -0.05) is 6.42 Å². The van der Waals surface area contributed by atoms with Crippen LogP contribution in [0.2, 0.25) is 0 Å². The number of carbonyl (C=O) groups is 2. The Bertz CT molecular complexity index is 359. The van der Waals surface area contributed by atoms with E-state index in [1.165, 1.54) is 0 Å². The number of hydrogen-bond donors (Lipinski definition) is 0. The maximum absolute atomic E-state index is 12.2. The Balaban J connectivity index is 2.38. The smallest absolute Gasteiger partial charge is 0.401 e. The molecule has 0 aromatic rings. The number of alkyl halides is 3. The molecule has 1 aliphatic rings. The van der Waals surface area contributed by atoms with Gasteiger partial charge in [-0.05, 0) is 39.5 Å². The molecule has 1 unspecified atom stereocenters. The second kappa shape index (κ2) is 6.45. The van der Waals surface area contributed by atoms with E-state index in [0.29, 0.717) is 19.8 Å². The minimum Gasteiger partial charge on any atom is -0.457 e. The fourth-order valence-electron chi connectivity index (χ4n) is 2.09. The molecule has 0 amide bonds. The Morgan fingerprint density at radius 1 is 1.20 bits per heavy atom. The molecule has 0 spiro atoms. The molecule has 1 atom stereocenters. The van der Waals surface area contributed by atoms with Gasteiger partial charge in [-0.3, -0.25) is 4.79 Å². The first-order valence-electron chi connectivity index (χ1n) is 6.59. The lowest BCUT2D eigenvalue weighted by Gasteiger charge is -2.33. The van der Waals surface area contributed by atoms with Gasteiger partial charge in [-0.2, -0.15) is 13.2 Å². The Hall–Kier alpha value is -1.27. The highest BCUT2D eigenvalue weighted by Gasteiger charge is 2.42. The van der Waals surface area contributed by atoms with Crippen LogP contribution in [-0.4, -0.2) is 30.3 Å². The normalized spacial score (nSPS) is 20.1. The fourth-order valence-corrected chi connectivity index (χ4v) is 2.09. The van der Waals surface area contributed by atoms with Gasteiger partial charge >= 0.3 is 18.1 Å². The zero-order chi connectivity index (χ0) is 15.4. The summed E-state index contributed by atoms with van der Waals surface area (Å²) in [4.78, 5) is 22.6. The Morgan fingerprint density at radius 2 is 1.75 bits per heavy atom. The molecule has 7 heteroatoms. The van der Waals surface area contributed by atoms with Crippen molar-refractivity contribution in [3.05, 3.63) is 0 Å². The number of hydrogen-bond acceptors (Lipinski definition) is 4. The molecule has 0 aliphatic heterocycles. The van der Waals surface area contributed by atoms with Crippen LogP contribution >= 0.6 is 0 Å². The number of rotatable bonds is 4. The third-order valence-electron chi connectivity index (χ3n) is 3.45. The van der Waals surface area contributed by atoms with Crippen molar-refractivity contribution < 1.29 is 32.2 Å². The molecular formula is C13H19F3O4. The first kappa shape index (κ1) is 16.8. The average Bonchev–Trinajstić information content (AvgIpc) is 2.34. The molecule has 0 aromatic heterocycles. The third-order valence-corrected chi connectivity index (χ3v) is 3.45. The van der Waals surface area contributed by atoms with Gasteiger partial charge in [0.05, 0.1) is 0 Å². The minimum atomic E-state index is -4.67. The number of carbonyl (C=O) groups excluding carboxylic acids is 2. The highest BCUT2D eigenvalue weighted by Crippen LogP contribution is 2.31. The Kier molecular flexibility index (Phi) is 5.42. The highest BCUT2D eigenvalue weighted by molar-refractivity contribution is 5.78. The summed E-state index contributed by atoms with van der Waals surface area (Å²) < 4.78 is 46.3. The summed E-state index contributed by atoms with van der Waals surface area (Å²) in [5.41, 5.74) is -0.600. The van der Waals surface area contributed by atoms with Gasteiger partial charge in [-0.15, -0.1) is 0 Å². The maximum Gasteiger partial charge on any atom is 0.401 e. The van der Waals surface area contributed by atoms with E-state index in [4.69, 9.17) is 4.74 Å². The summed E-state index contributed by atoms with van der Waals surface area (Å²) in [5.74, 6) is -4.53. The van der Waals surface area contributed by atoms with Crippen LogP contribution in [0, 0.1) is 5.92 Å². The summed E-state index contributed by atoms with van der Waals surface area (Å²) in [6.45, 7) is 1.69. The summed E-state index contributed by atoms with van der Waals surface area (Å²) in [7, 11) is 0. The highest BCUT2D eigenvalue weighted by atomic mass is 19.4. The van der Waals surface area contributed by atoms with E-state index in [2.05, 4.69) is 4.74 Å². The van der Waals surface area contributed by atoms with Crippen LogP contribution < -0.4 is 0 Å². The lowest BCUT2D eigenvalue weighted by molar-refractivity contribution is -0.198. The molecule has 1 rings (SSSR count). The van der Waals surface area contributed by atoms with Crippen LogP contribution in [0.15, 0.2) is 0 Å². The van der Waals surface area contributed by atoms with Gasteiger partial charge in [0.1, 0.15) is 11.5 Å². The van der Waals surface area contributed by atoms with Crippen molar-refractivity contribution in [3.8, 4) is 0 Å². The summed E-state index contributed by atoms with van der Waals surface area (Å²) >= 11 is 0. The average molecular weight is 296 g/mol. The molecule has 0 aromatic carbocycles. The zero-order valence-electron chi connectivity index (χ0n) is 11.6. The second-order valence-electron chi connectivity index (χ2n) is 5.36.